The molecule has 2 N–H and O–H groups in total. The third kappa shape index (κ3) is 9.86. The second-order valence-electron chi connectivity index (χ2n) is 5.29. The molecule has 0 radical (unpaired) electrons. The highest BCUT2D eigenvalue weighted by Gasteiger charge is 2.01. The van der Waals surface area contributed by atoms with Gasteiger partial charge in [-0.05, 0) is 43.3 Å². The van der Waals surface area contributed by atoms with E-state index in [2.05, 4.69) is 33.1 Å². The number of halogens is 1. The SMILES string of the molecule is CCOCCCN=C(NCCc1ccco1)NCCc1cccs1.I. The van der Waals surface area contributed by atoms with Crippen LogP contribution in [0.5, 0.6) is 0 Å². The van der Waals surface area contributed by atoms with Crippen molar-refractivity contribution in [3.8, 4) is 0 Å². The van der Waals surface area contributed by atoms with Gasteiger partial charge in [0.2, 0.25) is 0 Å². The Morgan fingerprint density at radius 2 is 2.04 bits per heavy atom. The van der Waals surface area contributed by atoms with E-state index in [0.717, 1.165) is 63.8 Å². The zero-order valence-corrected chi connectivity index (χ0v) is 17.8. The normalized spacial score (nSPS) is 11.2. The molecule has 0 aliphatic rings. The third-order valence-corrected chi connectivity index (χ3v) is 4.34. The van der Waals surface area contributed by atoms with Gasteiger partial charge < -0.3 is 19.8 Å². The quantitative estimate of drug-likeness (QED) is 0.224. The van der Waals surface area contributed by atoms with Crippen LogP contribution >= 0.6 is 35.3 Å². The van der Waals surface area contributed by atoms with E-state index in [0.29, 0.717) is 0 Å². The summed E-state index contributed by atoms with van der Waals surface area (Å²) < 4.78 is 10.7. The maximum atomic E-state index is 5.36. The average molecular weight is 477 g/mol. The van der Waals surface area contributed by atoms with Gasteiger partial charge in [-0.3, -0.25) is 4.99 Å². The van der Waals surface area contributed by atoms with Crippen molar-refractivity contribution < 1.29 is 9.15 Å². The van der Waals surface area contributed by atoms with Gasteiger partial charge in [-0.2, -0.15) is 0 Å². The van der Waals surface area contributed by atoms with Crippen LogP contribution in [0.2, 0.25) is 0 Å². The molecule has 2 rings (SSSR count). The second kappa shape index (κ2) is 14.1. The van der Waals surface area contributed by atoms with Crippen LogP contribution in [-0.2, 0) is 17.6 Å². The van der Waals surface area contributed by atoms with E-state index < -0.39 is 0 Å². The number of aliphatic imine (C=N–C) groups is 1. The summed E-state index contributed by atoms with van der Waals surface area (Å²) >= 11 is 1.79. The highest BCUT2D eigenvalue weighted by Crippen LogP contribution is 2.08. The van der Waals surface area contributed by atoms with Crippen LogP contribution in [0.3, 0.4) is 0 Å². The predicted molar refractivity (Wildman–Crippen MR) is 115 cm³/mol. The lowest BCUT2D eigenvalue weighted by molar-refractivity contribution is 0.146. The van der Waals surface area contributed by atoms with Gasteiger partial charge in [0.1, 0.15) is 5.76 Å². The molecular weight excluding hydrogens is 449 g/mol. The lowest BCUT2D eigenvalue weighted by Gasteiger charge is -2.12. The van der Waals surface area contributed by atoms with Crippen LogP contribution in [0, 0.1) is 0 Å². The number of furan rings is 1. The number of rotatable bonds is 11. The van der Waals surface area contributed by atoms with E-state index in [1.807, 2.05) is 19.1 Å². The number of hydrogen-bond donors (Lipinski definition) is 2. The molecule has 5 nitrogen and oxygen atoms in total. The molecule has 0 amide bonds. The molecule has 2 heterocycles. The van der Waals surface area contributed by atoms with Crippen LogP contribution < -0.4 is 10.6 Å². The van der Waals surface area contributed by atoms with Gasteiger partial charge in [0, 0.05) is 44.1 Å². The zero-order chi connectivity index (χ0) is 16.9. The molecule has 0 saturated carbocycles. The molecule has 0 spiro atoms. The lowest BCUT2D eigenvalue weighted by atomic mass is 10.3. The van der Waals surface area contributed by atoms with Crippen molar-refractivity contribution in [3.63, 3.8) is 0 Å². The molecule has 0 aliphatic heterocycles. The fraction of sp³-hybridized carbons (Fsp3) is 0.500. The first-order chi connectivity index (χ1) is 11.9. The smallest absolute Gasteiger partial charge is 0.191 e. The molecular formula is C18H28IN3O2S. The summed E-state index contributed by atoms with van der Waals surface area (Å²) in [5, 5.41) is 8.88. The minimum atomic E-state index is 0. The molecule has 0 atom stereocenters. The third-order valence-electron chi connectivity index (χ3n) is 3.41. The van der Waals surface area contributed by atoms with Gasteiger partial charge in [0.25, 0.3) is 0 Å². The van der Waals surface area contributed by atoms with Crippen molar-refractivity contribution in [1.82, 2.24) is 10.6 Å². The van der Waals surface area contributed by atoms with Gasteiger partial charge >= 0.3 is 0 Å². The zero-order valence-electron chi connectivity index (χ0n) is 14.7. The molecule has 2 aromatic heterocycles. The molecule has 7 heteroatoms. The maximum Gasteiger partial charge on any atom is 0.191 e. The number of guanidine groups is 1. The lowest BCUT2D eigenvalue weighted by Crippen LogP contribution is -2.39. The fourth-order valence-electron chi connectivity index (χ4n) is 2.19. The molecule has 0 aromatic carbocycles. The Morgan fingerprint density at radius 3 is 2.72 bits per heavy atom. The molecule has 0 aliphatic carbocycles. The van der Waals surface area contributed by atoms with Crippen molar-refractivity contribution in [1.29, 1.82) is 0 Å². The fourth-order valence-corrected chi connectivity index (χ4v) is 2.90. The first kappa shape index (κ1) is 22.0. The Hall–Kier alpha value is -1.06. The van der Waals surface area contributed by atoms with Crippen molar-refractivity contribution in [2.75, 3.05) is 32.8 Å². The van der Waals surface area contributed by atoms with Crippen LogP contribution in [0.15, 0.2) is 45.3 Å². The summed E-state index contributed by atoms with van der Waals surface area (Å²) in [5.74, 6) is 1.84. The predicted octanol–water partition coefficient (Wildman–Crippen LogP) is 3.71. The molecule has 0 fully saturated rings. The van der Waals surface area contributed by atoms with E-state index >= 15 is 0 Å². The van der Waals surface area contributed by atoms with Crippen molar-refractivity contribution >= 4 is 41.3 Å². The minimum Gasteiger partial charge on any atom is -0.469 e. The van der Waals surface area contributed by atoms with Crippen LogP contribution in [-0.4, -0.2) is 38.8 Å². The number of thiophene rings is 1. The summed E-state index contributed by atoms with van der Waals surface area (Å²) in [6.07, 6.45) is 4.49. The van der Waals surface area contributed by atoms with E-state index in [1.165, 1.54) is 4.88 Å². The summed E-state index contributed by atoms with van der Waals surface area (Å²) in [4.78, 5) is 6.00. The minimum absolute atomic E-state index is 0. The Kier molecular flexibility index (Phi) is 12.4. The highest BCUT2D eigenvalue weighted by atomic mass is 127. The van der Waals surface area contributed by atoms with E-state index in [-0.39, 0.29) is 24.0 Å². The van der Waals surface area contributed by atoms with Crippen LogP contribution in [0.25, 0.3) is 0 Å². The molecule has 0 unspecified atom stereocenters. The summed E-state index contributed by atoms with van der Waals surface area (Å²) in [6.45, 7) is 5.96. The Balaban J connectivity index is 0.00000312. The van der Waals surface area contributed by atoms with Crippen molar-refractivity contribution in [2.24, 2.45) is 4.99 Å². The van der Waals surface area contributed by atoms with Crippen molar-refractivity contribution in [3.05, 3.63) is 46.5 Å². The average Bonchev–Trinajstić information content (AvgIpc) is 3.28. The summed E-state index contributed by atoms with van der Waals surface area (Å²) in [6, 6.07) is 8.15. The number of nitrogens with zero attached hydrogens (tertiary/aromatic N) is 1. The molecule has 140 valence electrons. The molecule has 25 heavy (non-hydrogen) atoms. The first-order valence-electron chi connectivity index (χ1n) is 8.53. The Bertz CT molecular complexity index is 517. The molecule has 2 aromatic rings. The van der Waals surface area contributed by atoms with Gasteiger partial charge in [-0.15, -0.1) is 35.3 Å². The number of hydrogen-bond acceptors (Lipinski definition) is 4. The van der Waals surface area contributed by atoms with Gasteiger partial charge in [0.05, 0.1) is 6.26 Å². The van der Waals surface area contributed by atoms with Gasteiger partial charge in [-0.1, -0.05) is 6.07 Å². The Labute approximate surface area is 171 Å². The van der Waals surface area contributed by atoms with Crippen molar-refractivity contribution in [2.45, 2.75) is 26.2 Å². The standard InChI is InChI=1S/C18H27N3O2S.HI/c1-2-22-13-5-10-19-18(20-11-8-16-6-3-14-23-16)21-12-9-17-7-4-15-24-17;/h3-4,6-7,14-15H,2,5,8-13H2,1H3,(H2,19,20,21);1H. The van der Waals surface area contributed by atoms with E-state index in [9.17, 15) is 0 Å². The summed E-state index contributed by atoms with van der Waals surface area (Å²) in [7, 11) is 0. The molecule has 0 saturated heterocycles. The first-order valence-corrected chi connectivity index (χ1v) is 9.41. The van der Waals surface area contributed by atoms with Gasteiger partial charge in [0.15, 0.2) is 5.96 Å². The summed E-state index contributed by atoms with van der Waals surface area (Å²) in [5.41, 5.74) is 0. The second-order valence-corrected chi connectivity index (χ2v) is 6.33. The molecule has 0 bridgehead atoms. The number of nitrogens with one attached hydrogen (secondary N) is 2. The van der Waals surface area contributed by atoms with Crippen LogP contribution in [0.1, 0.15) is 24.0 Å². The van der Waals surface area contributed by atoms with Gasteiger partial charge in [-0.25, -0.2) is 0 Å². The maximum absolute atomic E-state index is 5.36. The largest absolute Gasteiger partial charge is 0.469 e. The van der Waals surface area contributed by atoms with E-state index in [1.54, 1.807) is 17.6 Å². The highest BCUT2D eigenvalue weighted by molar-refractivity contribution is 14.0. The van der Waals surface area contributed by atoms with Crippen LogP contribution in [0.4, 0.5) is 0 Å². The Morgan fingerprint density at radius 1 is 1.20 bits per heavy atom. The number of ether oxygens (including phenoxy) is 1. The van der Waals surface area contributed by atoms with E-state index in [4.69, 9.17) is 9.15 Å². The topological polar surface area (TPSA) is 58.8 Å². The monoisotopic (exact) mass is 477 g/mol.